The molecule has 1 aromatic rings. The Morgan fingerprint density at radius 2 is 1.83 bits per heavy atom. The van der Waals surface area contributed by atoms with E-state index in [1.54, 1.807) is 0 Å². The number of likely N-dealkylation sites (tertiary alicyclic amines) is 1. The van der Waals surface area contributed by atoms with Gasteiger partial charge in [0.25, 0.3) is 0 Å². The second-order valence-corrected chi connectivity index (χ2v) is 6.57. The number of carbonyl (C=O) groups excluding carboxylic acids is 2. The van der Waals surface area contributed by atoms with Crippen molar-refractivity contribution >= 4 is 11.8 Å². The van der Waals surface area contributed by atoms with Gasteiger partial charge < -0.3 is 21.7 Å². The van der Waals surface area contributed by atoms with Gasteiger partial charge in [-0.25, -0.2) is 4.57 Å². The lowest BCUT2D eigenvalue weighted by Crippen LogP contribution is -3.00. The molecule has 0 aromatic carbocycles. The van der Waals surface area contributed by atoms with Gasteiger partial charge in [0.15, 0.2) is 12.4 Å². The third kappa shape index (κ3) is 2.71. The van der Waals surface area contributed by atoms with E-state index in [-0.39, 0.29) is 52.8 Å². The first-order valence-corrected chi connectivity index (χ1v) is 8.36. The van der Waals surface area contributed by atoms with Gasteiger partial charge in [-0.15, -0.1) is 0 Å². The molecule has 0 unspecified atom stereocenters. The second-order valence-electron chi connectivity index (χ2n) is 6.57. The third-order valence-electron chi connectivity index (χ3n) is 5.03. The fourth-order valence-corrected chi connectivity index (χ4v) is 3.85. The molecule has 2 fully saturated rings. The lowest BCUT2D eigenvalue weighted by molar-refractivity contribution is -0.697. The van der Waals surface area contributed by atoms with Crippen molar-refractivity contribution in [3.8, 4) is 0 Å². The summed E-state index contributed by atoms with van der Waals surface area (Å²) < 4.78 is 7.78. The van der Waals surface area contributed by atoms with Crippen LogP contribution in [0.25, 0.3) is 0 Å². The number of aromatic nitrogens is 1. The summed E-state index contributed by atoms with van der Waals surface area (Å²) in [4.78, 5) is 26.7. The zero-order chi connectivity index (χ0) is 16.0. The minimum atomic E-state index is -0.312. The van der Waals surface area contributed by atoms with Crippen molar-refractivity contribution in [3.05, 3.63) is 42.2 Å². The van der Waals surface area contributed by atoms with Crippen molar-refractivity contribution in [2.24, 2.45) is 11.8 Å². The van der Waals surface area contributed by atoms with E-state index in [4.69, 9.17) is 4.74 Å². The van der Waals surface area contributed by atoms with Gasteiger partial charge in [-0.05, 0) is 6.07 Å². The predicted octanol–water partition coefficient (Wildman–Crippen LogP) is -1.78. The summed E-state index contributed by atoms with van der Waals surface area (Å²) in [6.45, 7) is 3.48. The molecule has 2 saturated heterocycles. The van der Waals surface area contributed by atoms with Gasteiger partial charge in [-0.2, -0.15) is 0 Å². The molecule has 4 heterocycles. The van der Waals surface area contributed by atoms with Gasteiger partial charge in [0, 0.05) is 18.1 Å². The maximum atomic E-state index is 12.6. The summed E-state index contributed by atoms with van der Waals surface area (Å²) in [6, 6.07) is 3.95. The molecule has 24 heavy (non-hydrogen) atoms. The van der Waals surface area contributed by atoms with Crippen LogP contribution in [0.4, 0.5) is 0 Å². The highest BCUT2D eigenvalue weighted by Crippen LogP contribution is 2.45. The van der Waals surface area contributed by atoms with Crippen LogP contribution in [0.1, 0.15) is 25.3 Å². The molecule has 5 nitrogen and oxygen atoms in total. The van der Waals surface area contributed by atoms with Crippen molar-refractivity contribution in [1.29, 1.82) is 0 Å². The molecule has 3 aliphatic rings. The molecule has 0 spiro atoms. The largest absolute Gasteiger partial charge is 1.00 e. The van der Waals surface area contributed by atoms with Gasteiger partial charge in [-0.1, -0.05) is 25.5 Å². The van der Waals surface area contributed by atoms with Crippen molar-refractivity contribution < 1.29 is 35.9 Å². The Morgan fingerprint density at radius 3 is 2.46 bits per heavy atom. The first-order valence-electron chi connectivity index (χ1n) is 8.36. The quantitative estimate of drug-likeness (QED) is 0.338. The number of nitrogens with zero attached hydrogens (tertiary/aromatic N) is 2. The lowest BCUT2D eigenvalue weighted by atomic mass is 9.85. The Kier molecular flexibility index (Phi) is 4.88. The van der Waals surface area contributed by atoms with Crippen LogP contribution in [-0.2, 0) is 27.4 Å². The average molecular weight is 393 g/mol. The fourth-order valence-electron chi connectivity index (χ4n) is 3.85. The first-order chi connectivity index (χ1) is 11.2. The molecule has 2 amide bonds. The van der Waals surface area contributed by atoms with E-state index in [0.717, 1.165) is 24.9 Å². The van der Waals surface area contributed by atoms with Crippen LogP contribution < -0.4 is 21.5 Å². The number of imide groups is 1. The van der Waals surface area contributed by atoms with Gasteiger partial charge in [0.2, 0.25) is 11.8 Å². The van der Waals surface area contributed by atoms with Gasteiger partial charge >= 0.3 is 0 Å². The molecule has 0 N–H and O–H groups in total. The number of hydrogen-bond acceptors (Lipinski definition) is 3. The highest BCUT2D eigenvalue weighted by atomic mass is 79.9. The summed E-state index contributed by atoms with van der Waals surface area (Å²) >= 11 is 0. The zero-order valence-electron chi connectivity index (χ0n) is 13.6. The summed E-state index contributed by atoms with van der Waals surface area (Å²) in [5.41, 5.74) is 0.992. The Balaban J connectivity index is 0.00000169. The molecule has 4 rings (SSSR count). The number of rotatable bonds is 5. The highest BCUT2D eigenvalue weighted by molar-refractivity contribution is 6.06. The Labute approximate surface area is 152 Å². The molecule has 0 radical (unpaired) electrons. The zero-order valence-corrected chi connectivity index (χ0v) is 15.2. The number of carbonyl (C=O) groups is 2. The van der Waals surface area contributed by atoms with E-state index in [9.17, 15) is 9.59 Å². The molecule has 3 aliphatic heterocycles. The number of unbranched alkanes of at least 4 members (excludes halogenated alkanes) is 1. The van der Waals surface area contributed by atoms with Crippen molar-refractivity contribution in [1.82, 2.24) is 4.90 Å². The topological polar surface area (TPSA) is 50.5 Å². The van der Waals surface area contributed by atoms with Crippen LogP contribution in [-0.4, -0.2) is 28.9 Å². The van der Waals surface area contributed by atoms with Crippen LogP contribution in [0.3, 0.4) is 0 Å². The smallest absolute Gasteiger partial charge is 0.236 e. The molecule has 0 aliphatic carbocycles. The normalized spacial score (nSPS) is 30.0. The Bertz CT molecular complexity index is 661. The first kappa shape index (κ1) is 17.3. The monoisotopic (exact) mass is 392 g/mol. The summed E-state index contributed by atoms with van der Waals surface area (Å²) in [5.74, 6) is -0.788. The van der Waals surface area contributed by atoms with E-state index in [1.165, 1.54) is 4.90 Å². The SMILES string of the molecule is CCCC[n+]1cccc(CN2C(=O)[C@@H]3[C@H](C2=O)[C@H]2C=C[C@@H]3O2)c1.[Br-]. The number of ether oxygens (including phenoxy) is 1. The Hall–Kier alpha value is -1.53. The summed E-state index contributed by atoms with van der Waals surface area (Å²) in [5, 5.41) is 0. The lowest BCUT2D eigenvalue weighted by Gasteiger charge is -2.17. The van der Waals surface area contributed by atoms with Crippen molar-refractivity contribution in [2.45, 2.75) is 45.1 Å². The third-order valence-corrected chi connectivity index (χ3v) is 5.03. The van der Waals surface area contributed by atoms with Crippen LogP contribution in [0.5, 0.6) is 0 Å². The van der Waals surface area contributed by atoms with Crippen LogP contribution >= 0.6 is 0 Å². The molecule has 0 saturated carbocycles. The van der Waals surface area contributed by atoms with Gasteiger partial charge in [0.1, 0.15) is 6.54 Å². The van der Waals surface area contributed by atoms with Crippen molar-refractivity contribution in [2.75, 3.05) is 0 Å². The van der Waals surface area contributed by atoms with E-state index in [2.05, 4.69) is 11.5 Å². The number of hydrogen-bond donors (Lipinski definition) is 0. The predicted molar refractivity (Wildman–Crippen MR) is 81.9 cm³/mol. The van der Waals surface area contributed by atoms with E-state index in [0.29, 0.717) is 6.54 Å². The van der Waals surface area contributed by atoms with Crippen LogP contribution in [0, 0.1) is 11.8 Å². The second kappa shape index (κ2) is 6.76. The molecule has 6 heteroatoms. The van der Waals surface area contributed by atoms with Crippen LogP contribution in [0.2, 0.25) is 0 Å². The fraction of sp³-hybridized carbons (Fsp3) is 0.500. The maximum Gasteiger partial charge on any atom is 0.236 e. The van der Waals surface area contributed by atoms with E-state index < -0.39 is 0 Å². The van der Waals surface area contributed by atoms with Gasteiger partial charge in [-0.3, -0.25) is 14.5 Å². The minimum absolute atomic E-state index is 0. The number of pyridine rings is 1. The minimum Gasteiger partial charge on any atom is -1.00 e. The summed E-state index contributed by atoms with van der Waals surface area (Å²) in [7, 11) is 0. The van der Waals surface area contributed by atoms with E-state index >= 15 is 0 Å². The van der Waals surface area contributed by atoms with Crippen LogP contribution in [0.15, 0.2) is 36.7 Å². The standard InChI is InChI=1S/C18H21N2O3.BrH/c1-2-3-8-19-9-4-5-12(10-19)11-20-17(21)15-13-6-7-14(23-13)16(15)18(20)22;/h4-7,9-10,13-16H,2-3,8,11H2,1H3;1H/q+1;/p-1/t13-,14+,15-,16+;. The number of halogens is 1. The Morgan fingerprint density at radius 1 is 1.17 bits per heavy atom. The highest BCUT2D eigenvalue weighted by Gasteiger charge is 2.60. The molecule has 4 atom stereocenters. The van der Waals surface area contributed by atoms with Crippen molar-refractivity contribution in [3.63, 3.8) is 0 Å². The number of aryl methyl sites for hydroxylation is 1. The van der Waals surface area contributed by atoms with E-state index in [1.807, 2.05) is 36.7 Å². The molecule has 128 valence electrons. The number of amides is 2. The number of fused-ring (bicyclic) bond motifs is 5. The summed E-state index contributed by atoms with van der Waals surface area (Å²) in [6.07, 6.45) is 9.73. The molecule has 2 bridgehead atoms. The van der Waals surface area contributed by atoms with Gasteiger partial charge in [0.05, 0.1) is 30.6 Å². The molecule has 1 aromatic heterocycles. The maximum absolute atomic E-state index is 12.6. The molecular formula is C18H21BrN2O3. The average Bonchev–Trinajstić information content (AvgIpc) is 3.23. The molecular weight excluding hydrogens is 372 g/mol.